The van der Waals surface area contributed by atoms with Crippen LogP contribution in [0.5, 0.6) is 0 Å². The normalized spacial score (nSPS) is 13.1. The molecule has 0 aliphatic heterocycles. The van der Waals surface area contributed by atoms with Crippen molar-refractivity contribution in [3.8, 4) is 11.1 Å². The molecule has 2 aliphatic rings. The quantitative estimate of drug-likeness (QED) is 0.562. The van der Waals surface area contributed by atoms with E-state index < -0.39 is 0 Å². The summed E-state index contributed by atoms with van der Waals surface area (Å²) in [5.41, 5.74) is 6.99. The fraction of sp³-hybridized carbons (Fsp3) is 0.381. The zero-order valence-electron chi connectivity index (χ0n) is 15.3. The highest BCUT2D eigenvalue weighted by atomic mass is 16.6. The Balaban J connectivity index is 2.87. The Morgan fingerprint density at radius 3 is 2.38 bits per heavy atom. The number of hydrogen-bond acceptors (Lipinski definition) is 3. The molecule has 2 rings (SSSR count). The molecule has 0 saturated heterocycles. The third-order valence-electron chi connectivity index (χ3n) is 4.11. The number of rotatable bonds is 6. The van der Waals surface area contributed by atoms with E-state index >= 15 is 0 Å². The van der Waals surface area contributed by atoms with Crippen molar-refractivity contribution in [2.75, 3.05) is 13.7 Å². The van der Waals surface area contributed by atoms with Gasteiger partial charge in [0.25, 0.3) is 0 Å². The summed E-state index contributed by atoms with van der Waals surface area (Å²) in [6.07, 6.45) is 2.64. The highest BCUT2D eigenvalue weighted by Crippen LogP contribution is 2.34. The second-order valence-electron chi connectivity index (χ2n) is 6.13. The van der Waals surface area contributed by atoms with E-state index in [0.717, 1.165) is 28.5 Å². The molecule has 0 aromatic carbocycles. The Morgan fingerprint density at radius 1 is 1.08 bits per heavy atom. The largest absolute Gasteiger partial charge is 0.396 e. The van der Waals surface area contributed by atoms with Crippen LogP contribution in [0, 0.1) is 20.8 Å². The number of nitrogens with zero attached hydrogens (tertiary/aromatic N) is 1. The van der Waals surface area contributed by atoms with E-state index in [2.05, 4.69) is 56.8 Å². The average Bonchev–Trinajstić information content (AvgIpc) is 2.66. The van der Waals surface area contributed by atoms with Crippen molar-refractivity contribution in [3.63, 3.8) is 0 Å². The van der Waals surface area contributed by atoms with Gasteiger partial charge >= 0.3 is 0 Å². The van der Waals surface area contributed by atoms with Gasteiger partial charge in [0.2, 0.25) is 0 Å². The number of aryl methyl sites for hydroxylation is 3. The summed E-state index contributed by atoms with van der Waals surface area (Å²) < 4.78 is 5.78. The molecule has 0 bridgehead atoms. The molecule has 0 fully saturated rings. The van der Waals surface area contributed by atoms with E-state index in [1.807, 2.05) is 13.0 Å². The van der Waals surface area contributed by atoms with Crippen LogP contribution >= 0.6 is 0 Å². The van der Waals surface area contributed by atoms with Gasteiger partial charge in [-0.2, -0.15) is 0 Å². The molecule has 1 unspecified atom stereocenters. The molecular weight excluding hydrogens is 298 g/mol. The number of fused-ring (bicyclic) bond motifs is 1. The molecule has 1 atom stereocenters. The summed E-state index contributed by atoms with van der Waals surface area (Å²) in [4.78, 5) is 5.34. The van der Waals surface area contributed by atoms with Crippen LogP contribution in [0.2, 0.25) is 0 Å². The van der Waals surface area contributed by atoms with Crippen molar-refractivity contribution >= 4 is 0 Å². The van der Waals surface area contributed by atoms with Crippen LogP contribution in [0.4, 0.5) is 0 Å². The van der Waals surface area contributed by atoms with Crippen LogP contribution in [0.15, 0.2) is 42.1 Å². The Kier molecular flexibility index (Phi) is 6.16. The smallest absolute Gasteiger partial charge is 0.114 e. The van der Waals surface area contributed by atoms with Crippen LogP contribution in [0.25, 0.3) is 11.1 Å². The minimum Gasteiger partial charge on any atom is -0.396 e. The van der Waals surface area contributed by atoms with Gasteiger partial charge < -0.3 is 9.57 Å². The standard InChI is InChI=1S/C21H27NO2/c1-7-9-20(23-6)21-16(5)10-14(3)11-17-18(21)12-15(4)13-19(17)22-24-8-2/h7,10-13,20H,1,8-9H2,2-6H3. The maximum atomic E-state index is 5.78. The molecule has 128 valence electrons. The van der Waals surface area contributed by atoms with Gasteiger partial charge in [0, 0.05) is 12.7 Å². The van der Waals surface area contributed by atoms with E-state index in [9.17, 15) is 0 Å². The van der Waals surface area contributed by atoms with Crippen molar-refractivity contribution in [3.05, 3.63) is 64.5 Å². The number of methoxy groups -OCH3 is 1. The van der Waals surface area contributed by atoms with Gasteiger partial charge in [-0.25, -0.2) is 0 Å². The maximum Gasteiger partial charge on any atom is 0.114 e. The van der Waals surface area contributed by atoms with Gasteiger partial charge in [-0.15, -0.1) is 6.58 Å². The summed E-state index contributed by atoms with van der Waals surface area (Å²) in [6, 6.07) is 8.64. The zero-order chi connectivity index (χ0) is 17.7. The van der Waals surface area contributed by atoms with Crippen LogP contribution in [0.1, 0.15) is 41.7 Å². The first-order valence-electron chi connectivity index (χ1n) is 8.37. The van der Waals surface area contributed by atoms with E-state index in [-0.39, 0.29) is 6.10 Å². The lowest BCUT2D eigenvalue weighted by Gasteiger charge is -2.19. The van der Waals surface area contributed by atoms with Crippen LogP contribution in [-0.4, -0.2) is 13.7 Å². The van der Waals surface area contributed by atoms with Gasteiger partial charge in [-0.05, 0) is 68.5 Å². The summed E-state index contributed by atoms with van der Waals surface area (Å²) >= 11 is 0. The molecule has 0 spiro atoms. The number of hydrogen-bond donors (Lipinski definition) is 0. The second-order valence-corrected chi connectivity index (χ2v) is 6.13. The first kappa shape index (κ1) is 18.2. The molecule has 2 aliphatic carbocycles. The molecule has 0 aromatic rings. The Bertz CT molecular complexity index is 765. The van der Waals surface area contributed by atoms with Gasteiger partial charge in [-0.3, -0.25) is 0 Å². The molecule has 0 amide bonds. The van der Waals surface area contributed by atoms with Crippen molar-refractivity contribution < 1.29 is 9.57 Å². The van der Waals surface area contributed by atoms with E-state index in [1.54, 1.807) is 7.11 Å². The number of benzene rings is 1. The lowest BCUT2D eigenvalue weighted by molar-refractivity contribution is 0.106. The van der Waals surface area contributed by atoms with E-state index in [1.165, 1.54) is 16.7 Å². The molecular formula is C21H27NO2. The Hall–Kier alpha value is -2.13. The van der Waals surface area contributed by atoms with Crippen molar-refractivity contribution in [2.45, 2.75) is 40.2 Å². The number of ether oxygens (including phenoxy) is 1. The fourth-order valence-electron chi connectivity index (χ4n) is 3.17. The molecule has 24 heavy (non-hydrogen) atoms. The third-order valence-corrected chi connectivity index (χ3v) is 4.11. The molecule has 0 saturated carbocycles. The Morgan fingerprint density at radius 2 is 1.75 bits per heavy atom. The molecule has 0 aromatic heterocycles. The van der Waals surface area contributed by atoms with Crippen LogP contribution in [-0.2, 0) is 9.57 Å². The van der Waals surface area contributed by atoms with E-state index in [0.29, 0.717) is 6.61 Å². The van der Waals surface area contributed by atoms with E-state index in [4.69, 9.17) is 9.57 Å². The van der Waals surface area contributed by atoms with Gasteiger partial charge in [0.15, 0.2) is 0 Å². The lowest BCUT2D eigenvalue weighted by Crippen LogP contribution is -2.12. The summed E-state index contributed by atoms with van der Waals surface area (Å²) in [5.74, 6) is 0. The van der Waals surface area contributed by atoms with Crippen LogP contribution < -0.4 is 5.36 Å². The van der Waals surface area contributed by atoms with Gasteiger partial charge in [0.1, 0.15) is 12.0 Å². The summed E-state index contributed by atoms with van der Waals surface area (Å²) in [7, 11) is 1.75. The Labute approximate surface area is 145 Å². The predicted octanol–water partition coefficient (Wildman–Crippen LogP) is 4.83. The molecule has 0 heterocycles. The second kappa shape index (κ2) is 8.11. The zero-order valence-corrected chi connectivity index (χ0v) is 15.3. The average molecular weight is 325 g/mol. The van der Waals surface area contributed by atoms with Crippen molar-refractivity contribution in [1.29, 1.82) is 0 Å². The maximum absolute atomic E-state index is 5.78. The highest BCUT2D eigenvalue weighted by molar-refractivity contribution is 5.71. The third kappa shape index (κ3) is 3.85. The fourth-order valence-corrected chi connectivity index (χ4v) is 3.17. The predicted molar refractivity (Wildman–Crippen MR) is 99.0 cm³/mol. The van der Waals surface area contributed by atoms with Crippen LogP contribution in [0.3, 0.4) is 0 Å². The minimum atomic E-state index is -0.0291. The molecule has 0 N–H and O–H groups in total. The SMILES string of the molecule is C=CCC(OC)c1c(C)cc(C)cc2c(=NOCC)cc(C)cc1-2. The molecule has 3 heteroatoms. The first-order chi connectivity index (χ1) is 11.5. The molecule has 3 nitrogen and oxygen atoms in total. The highest BCUT2D eigenvalue weighted by Gasteiger charge is 2.19. The lowest BCUT2D eigenvalue weighted by atomic mass is 9.92. The first-order valence-corrected chi connectivity index (χ1v) is 8.37. The van der Waals surface area contributed by atoms with Crippen molar-refractivity contribution in [1.82, 2.24) is 0 Å². The van der Waals surface area contributed by atoms with Gasteiger partial charge in [0.05, 0.1) is 6.10 Å². The van der Waals surface area contributed by atoms with Gasteiger partial charge in [-0.1, -0.05) is 28.9 Å². The van der Waals surface area contributed by atoms with Crippen molar-refractivity contribution in [2.24, 2.45) is 5.16 Å². The topological polar surface area (TPSA) is 30.8 Å². The monoisotopic (exact) mass is 325 g/mol. The summed E-state index contributed by atoms with van der Waals surface area (Å²) in [5, 5.41) is 5.18. The molecule has 0 radical (unpaired) electrons. The summed E-state index contributed by atoms with van der Waals surface area (Å²) in [6.45, 7) is 12.7. The minimum absolute atomic E-state index is 0.0291.